The van der Waals surface area contributed by atoms with E-state index in [9.17, 15) is 0 Å². The predicted octanol–water partition coefficient (Wildman–Crippen LogP) is 17.7. The molecule has 0 saturated heterocycles. The van der Waals surface area contributed by atoms with Crippen molar-refractivity contribution in [3.05, 3.63) is 260 Å². The predicted molar refractivity (Wildman–Crippen MR) is 281 cm³/mol. The number of anilines is 6. The Hall–Kier alpha value is -8.66. The van der Waals surface area contributed by atoms with Gasteiger partial charge in [0.15, 0.2) is 0 Å². The minimum atomic E-state index is 1.09. The van der Waals surface area contributed by atoms with E-state index < -0.39 is 0 Å². The Labute approximate surface area is 385 Å². The Morgan fingerprint density at radius 1 is 0.303 bits per heavy atom. The zero-order valence-electron chi connectivity index (χ0n) is 36.6. The number of aromatic nitrogens is 1. The van der Waals surface area contributed by atoms with E-state index in [1.807, 2.05) is 0 Å². The van der Waals surface area contributed by atoms with Gasteiger partial charge in [-0.05, 0) is 125 Å². The lowest BCUT2D eigenvalue weighted by Crippen LogP contribution is -2.11. The number of para-hydroxylation sites is 2. The number of nitrogens with zero attached hydrogens (tertiary/aromatic N) is 3. The van der Waals surface area contributed by atoms with Gasteiger partial charge < -0.3 is 14.4 Å². The van der Waals surface area contributed by atoms with Crippen LogP contribution in [-0.4, -0.2) is 4.57 Å². The molecule has 312 valence electrons. The van der Waals surface area contributed by atoms with Gasteiger partial charge in [-0.1, -0.05) is 175 Å². The Kier molecular flexibility index (Phi) is 9.73. The second-order valence-corrected chi connectivity index (χ2v) is 17.0. The fourth-order valence-corrected chi connectivity index (χ4v) is 9.86. The van der Waals surface area contributed by atoms with E-state index >= 15 is 0 Å². The molecule has 1 heterocycles. The van der Waals surface area contributed by atoms with Crippen molar-refractivity contribution in [2.75, 3.05) is 9.80 Å². The van der Waals surface area contributed by atoms with Gasteiger partial charge in [0.1, 0.15) is 0 Å². The largest absolute Gasteiger partial charge is 0.310 e. The zero-order chi connectivity index (χ0) is 44.0. The minimum absolute atomic E-state index is 1.09. The van der Waals surface area contributed by atoms with Crippen molar-refractivity contribution < 1.29 is 0 Å². The maximum absolute atomic E-state index is 2.43. The number of aryl methyl sites for hydroxylation is 1. The van der Waals surface area contributed by atoms with Crippen molar-refractivity contribution in [3.63, 3.8) is 0 Å². The molecule has 11 aromatic carbocycles. The molecule has 0 atom stereocenters. The molecule has 0 aliphatic heterocycles. The van der Waals surface area contributed by atoms with Gasteiger partial charge in [-0.15, -0.1) is 0 Å². The van der Waals surface area contributed by atoms with Gasteiger partial charge in [-0.2, -0.15) is 0 Å². The smallest absolute Gasteiger partial charge is 0.0542 e. The highest BCUT2D eigenvalue weighted by molar-refractivity contribution is 6.11. The van der Waals surface area contributed by atoms with Gasteiger partial charge in [0, 0.05) is 50.0 Å². The molecule has 0 aliphatic carbocycles. The van der Waals surface area contributed by atoms with Crippen molar-refractivity contribution in [2.24, 2.45) is 0 Å². The van der Waals surface area contributed by atoms with E-state index in [1.54, 1.807) is 0 Å². The summed E-state index contributed by atoms with van der Waals surface area (Å²) in [6.45, 7) is 2.14. The van der Waals surface area contributed by atoms with E-state index in [-0.39, 0.29) is 0 Å². The number of rotatable bonds is 9. The van der Waals surface area contributed by atoms with Crippen LogP contribution in [0.4, 0.5) is 34.1 Å². The SMILES string of the molecule is Cc1ccc(N(c2ccc(-c3ccc(N(c4ccc(-c5ccccc5)cc4)c4cccc5ccccc45)c4ccccc34)cc2)c2ccc3c(c2)c2ccccc2n3-c2ccccc2)cc1. The topological polar surface area (TPSA) is 11.4 Å². The van der Waals surface area contributed by atoms with Crippen molar-refractivity contribution in [3.8, 4) is 27.9 Å². The van der Waals surface area contributed by atoms with Crippen molar-refractivity contribution in [1.29, 1.82) is 0 Å². The molecule has 3 heteroatoms. The molecule has 0 saturated carbocycles. The third kappa shape index (κ3) is 6.86. The quantitative estimate of drug-likeness (QED) is 0.143. The lowest BCUT2D eigenvalue weighted by molar-refractivity contribution is 1.18. The number of benzene rings is 11. The molecule has 66 heavy (non-hydrogen) atoms. The average molecular weight is 844 g/mol. The molecule has 0 aliphatic rings. The Morgan fingerprint density at radius 3 is 1.56 bits per heavy atom. The molecule has 0 radical (unpaired) electrons. The van der Waals surface area contributed by atoms with Crippen LogP contribution in [0.15, 0.2) is 255 Å². The van der Waals surface area contributed by atoms with Crippen molar-refractivity contribution in [1.82, 2.24) is 4.57 Å². The van der Waals surface area contributed by atoms with Gasteiger partial charge >= 0.3 is 0 Å². The summed E-state index contributed by atoms with van der Waals surface area (Å²) < 4.78 is 2.37. The molecule has 0 fully saturated rings. The maximum Gasteiger partial charge on any atom is 0.0542 e. The third-order valence-electron chi connectivity index (χ3n) is 13.0. The van der Waals surface area contributed by atoms with Crippen molar-refractivity contribution in [2.45, 2.75) is 6.92 Å². The normalized spacial score (nSPS) is 11.4. The van der Waals surface area contributed by atoms with E-state index in [0.717, 1.165) is 45.4 Å². The van der Waals surface area contributed by atoms with E-state index in [4.69, 9.17) is 0 Å². The lowest BCUT2D eigenvalue weighted by atomic mass is 9.95. The molecule has 0 bridgehead atoms. The van der Waals surface area contributed by atoms with Crippen LogP contribution >= 0.6 is 0 Å². The first kappa shape index (κ1) is 39.0. The number of hydrogen-bond acceptors (Lipinski definition) is 2. The van der Waals surface area contributed by atoms with E-state index in [0.29, 0.717) is 0 Å². The summed E-state index contributed by atoms with van der Waals surface area (Å²) in [5, 5.41) is 7.25. The van der Waals surface area contributed by atoms with Crippen LogP contribution in [0.2, 0.25) is 0 Å². The van der Waals surface area contributed by atoms with Crippen LogP contribution in [0.5, 0.6) is 0 Å². The molecule has 0 N–H and O–H groups in total. The summed E-state index contributed by atoms with van der Waals surface area (Å²) >= 11 is 0. The standard InChI is InChI=1S/C63H45N3/c1-44-27-33-50(34-28-44)64(53-39-41-63-59(43-53)58-24-12-13-25-61(58)65(63)49-19-6-3-7-20-49)51-37-31-48(32-38-51)54-40-42-62(57-23-11-10-22-56(54)57)66(60-26-14-18-47-17-8-9-21-55(47)60)52-35-29-46(30-36-52)45-15-4-2-5-16-45/h2-43H,1H3. The Bertz CT molecular complexity index is 3680. The van der Waals surface area contributed by atoms with Gasteiger partial charge in [-0.25, -0.2) is 0 Å². The monoisotopic (exact) mass is 843 g/mol. The third-order valence-corrected chi connectivity index (χ3v) is 13.0. The fraction of sp³-hybridized carbons (Fsp3) is 0.0159. The van der Waals surface area contributed by atoms with Gasteiger partial charge in [-0.3, -0.25) is 0 Å². The average Bonchev–Trinajstić information content (AvgIpc) is 3.72. The molecule has 3 nitrogen and oxygen atoms in total. The molecule has 1 aromatic heterocycles. The van der Waals surface area contributed by atoms with E-state index in [1.165, 1.54) is 65.6 Å². The molecule has 12 aromatic rings. The highest BCUT2D eigenvalue weighted by Gasteiger charge is 2.21. The van der Waals surface area contributed by atoms with Gasteiger partial charge in [0.2, 0.25) is 0 Å². The van der Waals surface area contributed by atoms with Crippen LogP contribution in [-0.2, 0) is 0 Å². The lowest BCUT2D eigenvalue weighted by Gasteiger charge is -2.29. The molecular weight excluding hydrogens is 799 g/mol. The highest BCUT2D eigenvalue weighted by Crippen LogP contribution is 2.46. The summed E-state index contributed by atoms with van der Waals surface area (Å²) in [6, 6.07) is 92.6. The van der Waals surface area contributed by atoms with Gasteiger partial charge in [0.25, 0.3) is 0 Å². The summed E-state index contributed by atoms with van der Waals surface area (Å²) in [7, 11) is 0. The number of fused-ring (bicyclic) bond motifs is 5. The van der Waals surface area contributed by atoms with Crippen LogP contribution in [0, 0.1) is 6.92 Å². The minimum Gasteiger partial charge on any atom is -0.310 e. The Balaban J connectivity index is 0.967. The van der Waals surface area contributed by atoms with E-state index in [2.05, 4.69) is 276 Å². The summed E-state index contributed by atoms with van der Waals surface area (Å²) in [4.78, 5) is 4.81. The molecular formula is C63H45N3. The molecule has 0 spiro atoms. The van der Waals surface area contributed by atoms with Crippen LogP contribution in [0.3, 0.4) is 0 Å². The first-order valence-corrected chi connectivity index (χ1v) is 22.7. The van der Waals surface area contributed by atoms with Gasteiger partial charge in [0.05, 0.1) is 22.4 Å². The Morgan fingerprint density at radius 2 is 0.818 bits per heavy atom. The molecule has 12 rings (SSSR count). The molecule has 0 amide bonds. The second kappa shape index (κ2) is 16.5. The molecule has 0 unspecified atom stereocenters. The van der Waals surface area contributed by atoms with Crippen LogP contribution < -0.4 is 9.80 Å². The first-order valence-electron chi connectivity index (χ1n) is 22.7. The zero-order valence-corrected chi connectivity index (χ0v) is 36.6. The number of hydrogen-bond donors (Lipinski definition) is 0. The first-order chi connectivity index (χ1) is 32.7. The van der Waals surface area contributed by atoms with Crippen molar-refractivity contribution >= 4 is 77.5 Å². The maximum atomic E-state index is 2.43. The summed E-state index contributed by atoms with van der Waals surface area (Å²) in [6.07, 6.45) is 0. The van der Waals surface area contributed by atoms with Crippen LogP contribution in [0.1, 0.15) is 5.56 Å². The summed E-state index contributed by atoms with van der Waals surface area (Å²) in [5.41, 5.74) is 16.2. The fourth-order valence-electron chi connectivity index (χ4n) is 9.86. The second-order valence-electron chi connectivity index (χ2n) is 17.0. The summed E-state index contributed by atoms with van der Waals surface area (Å²) in [5.74, 6) is 0. The highest BCUT2D eigenvalue weighted by atomic mass is 15.1. The van der Waals surface area contributed by atoms with Crippen LogP contribution in [0.25, 0.3) is 71.3 Å².